The molecule has 0 bridgehead atoms. The highest BCUT2D eigenvalue weighted by Gasteiger charge is 2.23. The molecule has 1 aromatic heterocycles. The van der Waals surface area contributed by atoms with E-state index < -0.39 is 0 Å². The van der Waals surface area contributed by atoms with Crippen molar-refractivity contribution in [3.05, 3.63) is 47.2 Å². The van der Waals surface area contributed by atoms with E-state index in [-0.39, 0.29) is 0 Å². The molecule has 0 N–H and O–H groups in total. The summed E-state index contributed by atoms with van der Waals surface area (Å²) in [6.45, 7) is 2.28. The maximum Gasteiger partial charge on any atom is 0.0998 e. The predicted molar refractivity (Wildman–Crippen MR) is 106 cm³/mol. The van der Waals surface area contributed by atoms with Crippen molar-refractivity contribution in [2.45, 2.75) is 69.7 Å². The topological polar surface area (TPSA) is 12.9 Å². The van der Waals surface area contributed by atoms with Gasteiger partial charge in [-0.3, -0.25) is 0 Å². The van der Waals surface area contributed by atoms with E-state index in [4.69, 9.17) is 4.98 Å². The van der Waals surface area contributed by atoms with Gasteiger partial charge in [0.1, 0.15) is 0 Å². The lowest BCUT2D eigenvalue weighted by molar-refractivity contribution is 0.628. The minimum absolute atomic E-state index is 1.15. The van der Waals surface area contributed by atoms with Gasteiger partial charge in [0.05, 0.1) is 5.03 Å². The lowest BCUT2D eigenvalue weighted by Gasteiger charge is -2.18. The van der Waals surface area contributed by atoms with E-state index in [1.54, 1.807) is 0 Å². The van der Waals surface area contributed by atoms with Crippen LogP contribution in [0.25, 0.3) is 11.1 Å². The molecule has 2 aromatic rings. The van der Waals surface area contributed by atoms with Crippen molar-refractivity contribution in [3.63, 3.8) is 0 Å². The van der Waals surface area contributed by atoms with Gasteiger partial charge in [0.2, 0.25) is 0 Å². The number of thioether (sulfide) groups is 1. The van der Waals surface area contributed by atoms with E-state index in [0.717, 1.165) is 6.42 Å². The van der Waals surface area contributed by atoms with Gasteiger partial charge >= 0.3 is 0 Å². The molecule has 0 aliphatic heterocycles. The second-order valence-electron chi connectivity index (χ2n) is 6.78. The molecule has 1 aliphatic rings. The monoisotopic (exact) mass is 339 g/mol. The van der Waals surface area contributed by atoms with Crippen LogP contribution in [0.15, 0.2) is 35.4 Å². The summed E-state index contributed by atoms with van der Waals surface area (Å²) in [4.78, 5) is 5.04. The van der Waals surface area contributed by atoms with Crippen LogP contribution in [0.1, 0.15) is 62.3 Å². The summed E-state index contributed by atoms with van der Waals surface area (Å²) in [5.41, 5.74) is 7.29. The van der Waals surface area contributed by atoms with Gasteiger partial charge in [-0.05, 0) is 60.6 Å². The minimum atomic E-state index is 1.15. The van der Waals surface area contributed by atoms with E-state index in [1.807, 2.05) is 11.8 Å². The molecule has 128 valence electrons. The van der Waals surface area contributed by atoms with E-state index in [1.165, 1.54) is 84.3 Å². The summed E-state index contributed by atoms with van der Waals surface area (Å²) in [6, 6.07) is 11.0. The van der Waals surface area contributed by atoms with Crippen LogP contribution in [-0.4, -0.2) is 11.2 Å². The number of aromatic nitrogens is 1. The Balaban J connectivity index is 1.95. The molecule has 1 nitrogen and oxygen atoms in total. The summed E-state index contributed by atoms with van der Waals surface area (Å²) in [5.74, 6) is 0. The summed E-state index contributed by atoms with van der Waals surface area (Å²) in [5, 5.41) is 1.27. The average Bonchev–Trinajstić information content (AvgIpc) is 3.09. The Morgan fingerprint density at radius 3 is 2.54 bits per heavy atom. The van der Waals surface area contributed by atoms with Crippen molar-refractivity contribution in [2.75, 3.05) is 6.26 Å². The molecule has 3 rings (SSSR count). The van der Waals surface area contributed by atoms with E-state index >= 15 is 0 Å². The van der Waals surface area contributed by atoms with Crippen LogP contribution < -0.4 is 0 Å². The van der Waals surface area contributed by atoms with E-state index in [9.17, 15) is 0 Å². The van der Waals surface area contributed by atoms with Gasteiger partial charge in [0.15, 0.2) is 0 Å². The lowest BCUT2D eigenvalue weighted by atomic mass is 9.92. The normalized spacial score (nSPS) is 13.2. The van der Waals surface area contributed by atoms with Gasteiger partial charge < -0.3 is 0 Å². The third kappa shape index (κ3) is 3.85. The molecule has 1 aromatic carbocycles. The van der Waals surface area contributed by atoms with Crippen LogP contribution in [0.3, 0.4) is 0 Å². The fourth-order valence-electron chi connectivity index (χ4n) is 3.86. The predicted octanol–water partition coefficient (Wildman–Crippen LogP) is 6.47. The molecule has 0 saturated heterocycles. The summed E-state index contributed by atoms with van der Waals surface area (Å²) >= 11 is 1.83. The van der Waals surface area contributed by atoms with Crippen molar-refractivity contribution in [2.24, 2.45) is 0 Å². The van der Waals surface area contributed by atoms with Crippen LogP contribution in [0, 0.1) is 0 Å². The summed E-state index contributed by atoms with van der Waals surface area (Å²) in [6.07, 6.45) is 13.6. The van der Waals surface area contributed by atoms with Crippen molar-refractivity contribution in [1.82, 2.24) is 4.98 Å². The number of rotatable bonds is 8. The largest absolute Gasteiger partial charge is 0.246 e. The Labute approximate surface area is 151 Å². The molecule has 0 saturated carbocycles. The molecule has 1 heterocycles. The van der Waals surface area contributed by atoms with Crippen LogP contribution >= 0.6 is 11.8 Å². The van der Waals surface area contributed by atoms with Crippen molar-refractivity contribution < 1.29 is 0 Å². The summed E-state index contributed by atoms with van der Waals surface area (Å²) in [7, 11) is 0. The maximum atomic E-state index is 5.04. The van der Waals surface area contributed by atoms with Crippen molar-refractivity contribution in [1.29, 1.82) is 0 Å². The number of aryl methyl sites for hydroxylation is 1. The first-order valence-corrected chi connectivity index (χ1v) is 10.7. The molecule has 0 amide bonds. The fourth-order valence-corrected chi connectivity index (χ4v) is 4.51. The molecule has 0 spiro atoms. The Morgan fingerprint density at radius 2 is 1.79 bits per heavy atom. The number of nitrogens with zero attached hydrogens (tertiary/aromatic N) is 1. The molecule has 0 radical (unpaired) electrons. The van der Waals surface area contributed by atoms with Gasteiger partial charge in [-0.1, -0.05) is 62.9 Å². The van der Waals surface area contributed by atoms with E-state index in [2.05, 4.69) is 43.5 Å². The van der Waals surface area contributed by atoms with Gasteiger partial charge in [0.25, 0.3) is 0 Å². The van der Waals surface area contributed by atoms with Crippen molar-refractivity contribution in [3.8, 4) is 11.1 Å². The molecule has 0 unspecified atom stereocenters. The minimum Gasteiger partial charge on any atom is -0.246 e. The zero-order valence-corrected chi connectivity index (χ0v) is 15.9. The van der Waals surface area contributed by atoms with Crippen molar-refractivity contribution >= 4 is 11.8 Å². The SMILES string of the molecule is CCCCCCCc1c(SC)nc2c(c1-c1ccccc1)CCC2. The zero-order valence-electron chi connectivity index (χ0n) is 15.1. The fraction of sp³-hybridized carbons (Fsp3) is 0.500. The van der Waals surface area contributed by atoms with E-state index in [0.29, 0.717) is 0 Å². The van der Waals surface area contributed by atoms with Crippen LogP contribution in [0.4, 0.5) is 0 Å². The smallest absolute Gasteiger partial charge is 0.0998 e. The number of unbranched alkanes of at least 4 members (excludes halogenated alkanes) is 4. The number of fused-ring (bicyclic) bond motifs is 1. The van der Waals surface area contributed by atoms with Gasteiger partial charge in [-0.15, -0.1) is 11.8 Å². The standard InChI is InChI=1S/C22H29NS/c1-3-4-5-6-10-14-19-21(17-12-8-7-9-13-17)18-15-11-16-20(18)23-22(19)24-2/h7-9,12-13H,3-6,10-11,14-16H2,1-2H3. The number of hydrogen-bond acceptors (Lipinski definition) is 2. The van der Waals surface area contributed by atoms with Gasteiger partial charge in [-0.25, -0.2) is 4.98 Å². The number of benzene rings is 1. The van der Waals surface area contributed by atoms with Crippen LogP contribution in [0.2, 0.25) is 0 Å². The van der Waals surface area contributed by atoms with Crippen LogP contribution in [-0.2, 0) is 19.3 Å². The molecule has 2 heteroatoms. The second kappa shape index (κ2) is 8.71. The quantitative estimate of drug-likeness (QED) is 0.403. The second-order valence-corrected chi connectivity index (χ2v) is 7.58. The highest BCUT2D eigenvalue weighted by atomic mass is 32.2. The molecular formula is C22H29NS. The first kappa shape index (κ1) is 17.5. The zero-order chi connectivity index (χ0) is 16.8. The first-order valence-electron chi connectivity index (χ1n) is 9.49. The Hall–Kier alpha value is -1.28. The van der Waals surface area contributed by atoms with Crippen LogP contribution in [0.5, 0.6) is 0 Å². The Bertz CT molecular complexity index is 663. The first-order chi connectivity index (χ1) is 11.8. The Morgan fingerprint density at radius 1 is 1.00 bits per heavy atom. The molecule has 24 heavy (non-hydrogen) atoms. The Kier molecular flexibility index (Phi) is 6.37. The lowest BCUT2D eigenvalue weighted by Crippen LogP contribution is -2.03. The molecule has 0 fully saturated rings. The molecular weight excluding hydrogens is 310 g/mol. The third-order valence-corrected chi connectivity index (χ3v) is 5.80. The number of pyridine rings is 1. The molecule has 1 aliphatic carbocycles. The van der Waals surface area contributed by atoms with Gasteiger partial charge in [0, 0.05) is 5.69 Å². The maximum absolute atomic E-state index is 5.04. The molecule has 0 atom stereocenters. The number of hydrogen-bond donors (Lipinski definition) is 0. The highest BCUT2D eigenvalue weighted by molar-refractivity contribution is 7.98. The highest BCUT2D eigenvalue weighted by Crippen LogP contribution is 2.39. The average molecular weight is 340 g/mol. The van der Waals surface area contributed by atoms with Gasteiger partial charge in [-0.2, -0.15) is 0 Å². The summed E-state index contributed by atoms with van der Waals surface area (Å²) < 4.78 is 0. The third-order valence-electron chi connectivity index (χ3n) is 5.07.